The molecule has 5 rings (SSSR count). The number of Topliss-reactive ketones (excluding diaryl/α,β-unsaturated/α-hetero) is 1. The number of ketones is 1. The Labute approximate surface area is 238 Å². The molecule has 0 bridgehead atoms. The summed E-state index contributed by atoms with van der Waals surface area (Å²) < 4.78 is 28.0. The van der Waals surface area contributed by atoms with Crippen LogP contribution in [0.25, 0.3) is 0 Å². The van der Waals surface area contributed by atoms with Crippen molar-refractivity contribution in [2.45, 2.75) is 50.6 Å². The van der Waals surface area contributed by atoms with Crippen LogP contribution < -0.4 is 24.3 Å². The second kappa shape index (κ2) is 12.0. The summed E-state index contributed by atoms with van der Waals surface area (Å²) in [4.78, 5) is 16.7. The summed E-state index contributed by atoms with van der Waals surface area (Å²) in [6.07, 6.45) is 4.58. The summed E-state index contributed by atoms with van der Waals surface area (Å²) in [7, 11) is 8.28. The van der Waals surface area contributed by atoms with Gasteiger partial charge in [-0.2, -0.15) is 0 Å². The van der Waals surface area contributed by atoms with E-state index < -0.39 is 5.54 Å². The summed E-state index contributed by atoms with van der Waals surface area (Å²) in [5.74, 6) is 3.77. The predicted octanol–water partition coefficient (Wildman–Crippen LogP) is 4.31. The van der Waals surface area contributed by atoms with Crippen molar-refractivity contribution in [3.63, 3.8) is 0 Å². The molecule has 4 atom stereocenters. The molecule has 1 fully saturated rings. The van der Waals surface area contributed by atoms with Crippen molar-refractivity contribution in [3.8, 4) is 23.0 Å². The summed E-state index contributed by atoms with van der Waals surface area (Å²) in [5.41, 5.74) is 3.93. The van der Waals surface area contributed by atoms with E-state index >= 15 is 0 Å². The first-order valence-corrected chi connectivity index (χ1v) is 14.4. The van der Waals surface area contributed by atoms with Gasteiger partial charge in [0.25, 0.3) is 0 Å². The van der Waals surface area contributed by atoms with Gasteiger partial charge in [0.1, 0.15) is 12.1 Å². The molecule has 8 nitrogen and oxygen atoms in total. The molecule has 3 aliphatic heterocycles. The number of hydrogen-bond donors (Lipinski definition) is 1. The first kappa shape index (κ1) is 28.7. The fourth-order valence-electron chi connectivity index (χ4n) is 7.44. The number of piperidine rings is 1. The lowest BCUT2D eigenvalue weighted by atomic mass is 9.67. The highest BCUT2D eigenvalue weighted by Crippen LogP contribution is 2.49. The summed E-state index contributed by atoms with van der Waals surface area (Å²) in [6, 6.07) is 8.65. The number of carbonyl (C=O) groups excluding carboxylic acids is 1. The number of rotatable bonds is 10. The van der Waals surface area contributed by atoms with Crippen molar-refractivity contribution >= 4 is 5.78 Å². The molecule has 2 aromatic rings. The Hall–Kier alpha value is -2.81. The fraction of sp³-hybridized carbons (Fsp3) is 0.594. The van der Waals surface area contributed by atoms with Crippen LogP contribution in [0.4, 0.5) is 0 Å². The quantitative estimate of drug-likeness (QED) is 0.467. The van der Waals surface area contributed by atoms with Crippen LogP contribution in [0.2, 0.25) is 0 Å². The molecule has 1 saturated heterocycles. The van der Waals surface area contributed by atoms with Gasteiger partial charge in [-0.05, 0) is 84.0 Å². The van der Waals surface area contributed by atoms with Crippen LogP contribution in [0.5, 0.6) is 23.0 Å². The lowest BCUT2D eigenvalue weighted by Crippen LogP contribution is -2.57. The molecule has 0 amide bonds. The van der Waals surface area contributed by atoms with Crippen molar-refractivity contribution in [1.29, 1.82) is 0 Å². The minimum atomic E-state index is -0.849. The minimum Gasteiger partial charge on any atom is -0.493 e. The van der Waals surface area contributed by atoms with Crippen LogP contribution in [0.1, 0.15) is 54.5 Å². The molecule has 1 N–H and O–H groups in total. The van der Waals surface area contributed by atoms with Gasteiger partial charge in [0, 0.05) is 32.8 Å². The second-order valence-corrected chi connectivity index (χ2v) is 11.3. The third kappa shape index (κ3) is 4.95. The number of benzene rings is 2. The predicted molar refractivity (Wildman–Crippen MR) is 154 cm³/mol. The number of nitrogens with one attached hydrogen (secondary N) is 1. The van der Waals surface area contributed by atoms with Gasteiger partial charge >= 0.3 is 0 Å². The fourth-order valence-corrected chi connectivity index (χ4v) is 7.44. The van der Waals surface area contributed by atoms with E-state index in [1.807, 2.05) is 12.1 Å². The Balaban J connectivity index is 1.55. The van der Waals surface area contributed by atoms with Crippen molar-refractivity contribution in [2.75, 3.05) is 61.8 Å². The molecule has 40 heavy (non-hydrogen) atoms. The van der Waals surface area contributed by atoms with Crippen LogP contribution in [0.3, 0.4) is 0 Å². The normalized spacial score (nSPS) is 25.8. The van der Waals surface area contributed by atoms with Crippen LogP contribution in [-0.2, 0) is 27.9 Å². The second-order valence-electron chi connectivity index (χ2n) is 11.3. The van der Waals surface area contributed by atoms with Gasteiger partial charge < -0.3 is 29.0 Å². The maximum atomic E-state index is 14.0. The van der Waals surface area contributed by atoms with Crippen molar-refractivity contribution < 1.29 is 28.5 Å². The van der Waals surface area contributed by atoms with Crippen molar-refractivity contribution in [3.05, 3.63) is 46.5 Å². The lowest BCUT2D eigenvalue weighted by Gasteiger charge is -2.50. The van der Waals surface area contributed by atoms with Gasteiger partial charge in [0.05, 0.1) is 28.4 Å². The topological polar surface area (TPSA) is 78.5 Å². The molecule has 0 saturated carbocycles. The van der Waals surface area contributed by atoms with Crippen LogP contribution >= 0.6 is 0 Å². The van der Waals surface area contributed by atoms with E-state index in [0.717, 1.165) is 67.9 Å². The van der Waals surface area contributed by atoms with E-state index in [0.29, 0.717) is 29.8 Å². The number of nitrogens with zero attached hydrogens (tertiary/aromatic N) is 1. The molecule has 8 heteroatoms. The molecular weight excluding hydrogens is 508 g/mol. The summed E-state index contributed by atoms with van der Waals surface area (Å²) in [6.45, 7) is 5.11. The molecular formula is C32H44N2O6. The van der Waals surface area contributed by atoms with E-state index in [1.165, 1.54) is 11.1 Å². The van der Waals surface area contributed by atoms with Crippen LogP contribution in [0.15, 0.2) is 24.3 Å². The number of carbonyl (C=O) groups is 1. The summed E-state index contributed by atoms with van der Waals surface area (Å²) in [5, 5.41) is 3.70. The number of methoxy groups -OCH3 is 5. The highest BCUT2D eigenvalue weighted by Gasteiger charge is 2.48. The van der Waals surface area contributed by atoms with Crippen molar-refractivity contribution in [1.82, 2.24) is 10.2 Å². The van der Waals surface area contributed by atoms with Gasteiger partial charge in [0.2, 0.25) is 0 Å². The van der Waals surface area contributed by atoms with Crippen molar-refractivity contribution in [2.24, 2.45) is 11.8 Å². The molecule has 2 aromatic carbocycles. The average molecular weight is 553 g/mol. The first-order chi connectivity index (χ1) is 19.4. The smallest absolute Gasteiger partial charge is 0.182 e. The van der Waals surface area contributed by atoms with Gasteiger partial charge in [-0.15, -0.1) is 0 Å². The third-order valence-electron chi connectivity index (χ3n) is 9.51. The third-order valence-corrected chi connectivity index (χ3v) is 9.51. The van der Waals surface area contributed by atoms with Crippen LogP contribution in [-0.4, -0.2) is 72.5 Å². The Morgan fingerprint density at radius 2 is 1.55 bits per heavy atom. The Kier molecular flexibility index (Phi) is 8.59. The molecule has 0 aromatic heterocycles. The van der Waals surface area contributed by atoms with Crippen LogP contribution in [0, 0.1) is 11.8 Å². The zero-order valence-electron chi connectivity index (χ0n) is 24.8. The maximum Gasteiger partial charge on any atom is 0.182 e. The van der Waals surface area contributed by atoms with E-state index in [2.05, 4.69) is 29.3 Å². The zero-order valence-corrected chi connectivity index (χ0v) is 24.8. The van der Waals surface area contributed by atoms with Gasteiger partial charge in [-0.25, -0.2) is 0 Å². The van der Waals surface area contributed by atoms with Gasteiger partial charge in [-0.3, -0.25) is 9.69 Å². The summed E-state index contributed by atoms with van der Waals surface area (Å²) >= 11 is 0. The average Bonchev–Trinajstić information content (AvgIpc) is 2.99. The molecule has 0 aliphatic carbocycles. The minimum absolute atomic E-state index is 0.0552. The SMILES string of the molecule is CC[C@H]1CN2CCc3cc(OC)c(OC)cc3[C@@H]2C[C@H]1C[C@@]1(C(=O)COC)NCCc2cc(OC)c(OC)cc21. The highest BCUT2D eigenvalue weighted by molar-refractivity contribution is 5.91. The Morgan fingerprint density at radius 3 is 2.20 bits per heavy atom. The molecule has 218 valence electrons. The molecule has 0 radical (unpaired) electrons. The first-order valence-electron chi connectivity index (χ1n) is 14.4. The molecule has 0 unspecified atom stereocenters. The van der Waals surface area contributed by atoms with E-state index in [4.69, 9.17) is 23.7 Å². The molecule has 3 aliphatic rings. The molecule has 0 spiro atoms. The molecule has 3 heterocycles. The highest BCUT2D eigenvalue weighted by atomic mass is 16.5. The zero-order chi connectivity index (χ0) is 28.4. The van der Waals surface area contributed by atoms with E-state index in [9.17, 15) is 4.79 Å². The maximum absolute atomic E-state index is 14.0. The lowest BCUT2D eigenvalue weighted by molar-refractivity contribution is -0.131. The Bertz CT molecular complexity index is 1230. The van der Waals surface area contributed by atoms with Gasteiger partial charge in [0.15, 0.2) is 28.8 Å². The number of fused-ring (bicyclic) bond motifs is 4. The van der Waals surface area contributed by atoms with E-state index in [1.54, 1.807) is 35.5 Å². The largest absolute Gasteiger partial charge is 0.493 e. The standard InChI is InChI=1S/C32H44N2O6/c1-7-20-18-34-11-9-21-13-27(37-3)29(39-5)15-24(21)26(34)12-23(20)17-32(31(35)19-36-2)25-16-30(40-6)28(38-4)14-22(25)8-10-33-32/h13-16,20,23,26,33H,7-12,17-19H2,1-6H3/t20-,23-,26-,32+/m0/s1. The monoisotopic (exact) mass is 552 g/mol. The number of ether oxygens (including phenoxy) is 5. The van der Waals surface area contributed by atoms with E-state index in [-0.39, 0.29) is 18.4 Å². The van der Waals surface area contributed by atoms with Gasteiger partial charge in [-0.1, -0.05) is 13.3 Å². The number of hydrogen-bond acceptors (Lipinski definition) is 8. The Morgan fingerprint density at radius 1 is 0.900 bits per heavy atom.